The van der Waals surface area contributed by atoms with E-state index < -0.39 is 0 Å². The summed E-state index contributed by atoms with van der Waals surface area (Å²) in [6, 6.07) is 3.88. The van der Waals surface area contributed by atoms with E-state index in [1.807, 2.05) is 0 Å². The Labute approximate surface area is 112 Å². The van der Waals surface area contributed by atoms with Crippen molar-refractivity contribution in [3.63, 3.8) is 0 Å². The first-order valence-electron chi connectivity index (χ1n) is 6.39. The Morgan fingerprint density at radius 2 is 2.44 bits per heavy atom. The summed E-state index contributed by atoms with van der Waals surface area (Å²) in [7, 11) is 0. The second kappa shape index (κ2) is 6.71. The molecule has 0 aromatic carbocycles. The molecular formula is C13H18ClN3O. The molecule has 2 rings (SSSR count). The van der Waals surface area contributed by atoms with E-state index in [-0.39, 0.29) is 5.91 Å². The fourth-order valence-corrected chi connectivity index (χ4v) is 2.35. The minimum absolute atomic E-state index is 0.0321. The second-order valence-corrected chi connectivity index (χ2v) is 4.99. The number of rotatable bonds is 4. The molecule has 2 heterocycles. The van der Waals surface area contributed by atoms with Crippen molar-refractivity contribution >= 4 is 23.2 Å². The van der Waals surface area contributed by atoms with Crippen molar-refractivity contribution in [2.75, 3.05) is 11.9 Å². The zero-order valence-electron chi connectivity index (χ0n) is 10.3. The van der Waals surface area contributed by atoms with E-state index in [4.69, 9.17) is 11.6 Å². The van der Waals surface area contributed by atoms with Gasteiger partial charge in [0.2, 0.25) is 5.91 Å². The van der Waals surface area contributed by atoms with Crippen LogP contribution in [-0.4, -0.2) is 23.5 Å². The van der Waals surface area contributed by atoms with Gasteiger partial charge in [-0.3, -0.25) is 4.79 Å². The maximum atomic E-state index is 11.8. The molecule has 1 fully saturated rings. The fraction of sp³-hybridized carbons (Fsp3) is 0.538. The predicted octanol–water partition coefficient (Wildman–Crippen LogP) is 2.60. The summed E-state index contributed by atoms with van der Waals surface area (Å²) in [5.41, 5.74) is 0.705. The van der Waals surface area contributed by atoms with Gasteiger partial charge in [0, 0.05) is 24.3 Å². The molecule has 1 unspecified atom stereocenters. The number of aromatic nitrogens is 1. The van der Waals surface area contributed by atoms with Crippen molar-refractivity contribution in [2.45, 2.75) is 38.1 Å². The third kappa shape index (κ3) is 4.27. The van der Waals surface area contributed by atoms with Crippen LogP contribution < -0.4 is 10.6 Å². The molecule has 0 radical (unpaired) electrons. The molecule has 0 saturated carbocycles. The molecule has 18 heavy (non-hydrogen) atoms. The zero-order chi connectivity index (χ0) is 12.8. The van der Waals surface area contributed by atoms with Crippen LogP contribution in [0.2, 0.25) is 5.15 Å². The highest BCUT2D eigenvalue weighted by atomic mass is 35.5. The summed E-state index contributed by atoms with van der Waals surface area (Å²) in [5.74, 6) is 0.0321. The lowest BCUT2D eigenvalue weighted by molar-refractivity contribution is -0.116. The van der Waals surface area contributed by atoms with Crippen LogP contribution >= 0.6 is 11.6 Å². The van der Waals surface area contributed by atoms with E-state index in [2.05, 4.69) is 15.6 Å². The van der Waals surface area contributed by atoms with E-state index in [0.29, 0.717) is 23.3 Å². The number of nitrogens with zero attached hydrogens (tertiary/aromatic N) is 1. The van der Waals surface area contributed by atoms with Crippen LogP contribution in [0.1, 0.15) is 32.1 Å². The Balaban J connectivity index is 1.74. The van der Waals surface area contributed by atoms with Crippen LogP contribution in [0, 0.1) is 0 Å². The average Bonchev–Trinajstić information content (AvgIpc) is 2.38. The molecular weight excluding hydrogens is 250 g/mol. The van der Waals surface area contributed by atoms with E-state index >= 15 is 0 Å². The highest BCUT2D eigenvalue weighted by molar-refractivity contribution is 6.29. The molecule has 1 aliphatic rings. The second-order valence-electron chi connectivity index (χ2n) is 4.60. The maximum Gasteiger partial charge on any atom is 0.224 e. The summed E-state index contributed by atoms with van der Waals surface area (Å²) >= 11 is 5.75. The molecule has 4 nitrogen and oxygen atoms in total. The standard InChI is InChI=1S/C13H18ClN3O/c14-12-9-11(6-8-16-12)17-13(18)5-4-10-3-1-2-7-15-10/h6,8-10,15H,1-5,7H2,(H,16,17,18). The summed E-state index contributed by atoms with van der Waals surface area (Å²) in [6.07, 6.45) is 6.70. The zero-order valence-corrected chi connectivity index (χ0v) is 11.0. The minimum Gasteiger partial charge on any atom is -0.326 e. The van der Waals surface area contributed by atoms with Crippen LogP contribution in [0.15, 0.2) is 18.3 Å². The van der Waals surface area contributed by atoms with Gasteiger partial charge in [-0.05, 0) is 37.9 Å². The molecule has 0 bridgehead atoms. The molecule has 1 aliphatic heterocycles. The van der Waals surface area contributed by atoms with E-state index in [1.165, 1.54) is 19.3 Å². The Kier molecular flexibility index (Phi) is 4.96. The van der Waals surface area contributed by atoms with Gasteiger partial charge >= 0.3 is 0 Å². The van der Waals surface area contributed by atoms with Crippen LogP contribution in [0.25, 0.3) is 0 Å². The highest BCUT2D eigenvalue weighted by Crippen LogP contribution is 2.14. The Hall–Kier alpha value is -1.13. The summed E-state index contributed by atoms with van der Waals surface area (Å²) in [5, 5.41) is 6.66. The quantitative estimate of drug-likeness (QED) is 0.825. The van der Waals surface area contributed by atoms with Crippen LogP contribution in [-0.2, 0) is 4.79 Å². The number of carbonyl (C=O) groups excluding carboxylic acids is 1. The van der Waals surface area contributed by atoms with Gasteiger partial charge in [-0.1, -0.05) is 18.0 Å². The molecule has 1 aromatic heterocycles. The summed E-state index contributed by atoms with van der Waals surface area (Å²) in [4.78, 5) is 15.6. The van der Waals surface area contributed by atoms with E-state index in [1.54, 1.807) is 18.3 Å². The Morgan fingerprint density at radius 1 is 1.56 bits per heavy atom. The topological polar surface area (TPSA) is 54.0 Å². The number of pyridine rings is 1. The minimum atomic E-state index is 0.0321. The van der Waals surface area contributed by atoms with Gasteiger partial charge in [-0.25, -0.2) is 4.98 Å². The lowest BCUT2D eigenvalue weighted by Crippen LogP contribution is -2.34. The van der Waals surface area contributed by atoms with E-state index in [0.717, 1.165) is 13.0 Å². The molecule has 98 valence electrons. The van der Waals surface area contributed by atoms with Crippen molar-refractivity contribution in [3.8, 4) is 0 Å². The number of hydrogen-bond donors (Lipinski definition) is 2. The molecule has 1 atom stereocenters. The van der Waals surface area contributed by atoms with Crippen LogP contribution in [0.5, 0.6) is 0 Å². The SMILES string of the molecule is O=C(CCC1CCCCN1)Nc1ccnc(Cl)c1. The summed E-state index contributed by atoms with van der Waals surface area (Å²) < 4.78 is 0. The van der Waals surface area contributed by atoms with Crippen LogP contribution in [0.3, 0.4) is 0 Å². The predicted molar refractivity (Wildman–Crippen MR) is 72.8 cm³/mol. The largest absolute Gasteiger partial charge is 0.326 e. The number of nitrogens with one attached hydrogen (secondary N) is 2. The summed E-state index contributed by atoms with van der Waals surface area (Å²) in [6.45, 7) is 1.08. The van der Waals surface area contributed by atoms with Crippen molar-refractivity contribution in [1.82, 2.24) is 10.3 Å². The van der Waals surface area contributed by atoms with Gasteiger partial charge in [0.25, 0.3) is 0 Å². The third-order valence-electron chi connectivity index (χ3n) is 3.14. The van der Waals surface area contributed by atoms with Gasteiger partial charge in [-0.15, -0.1) is 0 Å². The van der Waals surface area contributed by atoms with Gasteiger partial charge in [0.15, 0.2) is 0 Å². The Morgan fingerprint density at radius 3 is 3.17 bits per heavy atom. The molecule has 1 saturated heterocycles. The van der Waals surface area contributed by atoms with E-state index in [9.17, 15) is 4.79 Å². The highest BCUT2D eigenvalue weighted by Gasteiger charge is 2.14. The number of hydrogen-bond acceptors (Lipinski definition) is 3. The fourth-order valence-electron chi connectivity index (χ4n) is 2.18. The normalized spacial score (nSPS) is 19.5. The van der Waals surface area contributed by atoms with Crippen molar-refractivity contribution in [3.05, 3.63) is 23.5 Å². The number of amides is 1. The first-order chi connectivity index (χ1) is 8.74. The Bertz CT molecular complexity index is 405. The maximum absolute atomic E-state index is 11.8. The lowest BCUT2D eigenvalue weighted by Gasteiger charge is -2.23. The molecule has 1 amide bonds. The smallest absolute Gasteiger partial charge is 0.224 e. The van der Waals surface area contributed by atoms with Gasteiger partial charge < -0.3 is 10.6 Å². The first-order valence-corrected chi connectivity index (χ1v) is 6.76. The molecule has 5 heteroatoms. The number of carbonyl (C=O) groups is 1. The molecule has 1 aromatic rings. The molecule has 0 aliphatic carbocycles. The third-order valence-corrected chi connectivity index (χ3v) is 3.35. The molecule has 2 N–H and O–H groups in total. The van der Waals surface area contributed by atoms with Gasteiger partial charge in [0.05, 0.1) is 0 Å². The number of piperidine rings is 1. The van der Waals surface area contributed by atoms with Crippen molar-refractivity contribution in [2.24, 2.45) is 0 Å². The monoisotopic (exact) mass is 267 g/mol. The lowest BCUT2D eigenvalue weighted by atomic mass is 10.0. The first kappa shape index (κ1) is 13.3. The van der Waals surface area contributed by atoms with Gasteiger partial charge in [0.1, 0.15) is 5.15 Å². The number of halogens is 1. The average molecular weight is 268 g/mol. The molecule has 0 spiro atoms. The van der Waals surface area contributed by atoms with Gasteiger partial charge in [-0.2, -0.15) is 0 Å². The number of anilines is 1. The van der Waals surface area contributed by atoms with Crippen molar-refractivity contribution in [1.29, 1.82) is 0 Å². The van der Waals surface area contributed by atoms with Crippen LogP contribution in [0.4, 0.5) is 5.69 Å². The van der Waals surface area contributed by atoms with Crippen molar-refractivity contribution < 1.29 is 4.79 Å².